The molecule has 22 heavy (non-hydrogen) atoms. The van der Waals surface area contributed by atoms with Crippen LogP contribution in [-0.4, -0.2) is 22.7 Å². The average Bonchev–Trinajstić information content (AvgIpc) is 3.30. The first kappa shape index (κ1) is 13.8. The van der Waals surface area contributed by atoms with Gasteiger partial charge in [-0.25, -0.2) is 0 Å². The predicted octanol–water partition coefficient (Wildman–Crippen LogP) is 3.76. The summed E-state index contributed by atoms with van der Waals surface area (Å²) in [6.07, 6.45) is 9.91. The van der Waals surface area contributed by atoms with Crippen molar-refractivity contribution >= 4 is 17.2 Å². The zero-order valence-electron chi connectivity index (χ0n) is 12.8. The predicted molar refractivity (Wildman–Crippen MR) is 85.0 cm³/mol. The Morgan fingerprint density at radius 3 is 2.73 bits per heavy atom. The van der Waals surface area contributed by atoms with Gasteiger partial charge in [-0.1, -0.05) is 0 Å². The van der Waals surface area contributed by atoms with Gasteiger partial charge in [-0.05, 0) is 56.6 Å². The number of ether oxygens (including phenoxy) is 1. The highest BCUT2D eigenvalue weighted by Crippen LogP contribution is 2.33. The van der Waals surface area contributed by atoms with Crippen LogP contribution >= 0.6 is 0 Å². The molecule has 2 fully saturated rings. The molecule has 0 atom stereocenters. The summed E-state index contributed by atoms with van der Waals surface area (Å²) >= 11 is 0. The largest absolute Gasteiger partial charge is 0.493 e. The third kappa shape index (κ3) is 2.87. The number of aldehydes is 1. The van der Waals surface area contributed by atoms with E-state index in [9.17, 15) is 4.79 Å². The van der Waals surface area contributed by atoms with Crippen LogP contribution in [0.15, 0.2) is 24.4 Å². The molecule has 0 amide bonds. The van der Waals surface area contributed by atoms with E-state index in [0.29, 0.717) is 6.04 Å². The van der Waals surface area contributed by atoms with Crippen molar-refractivity contribution < 1.29 is 9.53 Å². The van der Waals surface area contributed by atoms with Crippen LogP contribution in [0.3, 0.4) is 0 Å². The number of carbonyl (C=O) groups is 1. The zero-order chi connectivity index (χ0) is 14.9. The van der Waals surface area contributed by atoms with Gasteiger partial charge in [0.1, 0.15) is 12.0 Å². The lowest BCUT2D eigenvalue weighted by molar-refractivity contribution is -0.112. The summed E-state index contributed by atoms with van der Waals surface area (Å²) in [5.74, 6) is 1.94. The number of fused-ring (bicyclic) bond motifs is 1. The van der Waals surface area contributed by atoms with Crippen LogP contribution in [0.25, 0.3) is 10.9 Å². The molecule has 0 spiro atoms. The molecule has 0 bridgehead atoms. The monoisotopic (exact) mass is 298 g/mol. The first-order valence-electron chi connectivity index (χ1n) is 8.39. The van der Waals surface area contributed by atoms with Crippen LogP contribution in [0, 0.1) is 11.8 Å². The van der Waals surface area contributed by atoms with Crippen molar-refractivity contribution in [3.63, 3.8) is 0 Å². The number of nitrogens with zero attached hydrogens (tertiary/aromatic N) is 2. The van der Waals surface area contributed by atoms with Crippen LogP contribution in [0.5, 0.6) is 5.75 Å². The lowest BCUT2D eigenvalue weighted by atomic mass is 9.87. The summed E-state index contributed by atoms with van der Waals surface area (Å²) in [5.41, 5.74) is 1.01. The minimum absolute atomic E-state index is 0.253. The summed E-state index contributed by atoms with van der Waals surface area (Å²) in [4.78, 5) is 10.9. The second-order valence-electron chi connectivity index (χ2n) is 6.79. The van der Waals surface area contributed by atoms with Gasteiger partial charge in [0.05, 0.1) is 18.2 Å². The van der Waals surface area contributed by atoms with Crippen molar-refractivity contribution in [1.29, 1.82) is 0 Å². The second-order valence-corrected chi connectivity index (χ2v) is 6.79. The van der Waals surface area contributed by atoms with Crippen molar-refractivity contribution in [2.75, 3.05) is 6.61 Å². The number of rotatable bonds is 5. The molecule has 2 saturated carbocycles. The van der Waals surface area contributed by atoms with Crippen molar-refractivity contribution in [3.05, 3.63) is 24.4 Å². The molecule has 4 rings (SSSR count). The molecule has 1 aromatic carbocycles. The summed E-state index contributed by atoms with van der Waals surface area (Å²) in [5, 5.41) is 5.90. The Balaban J connectivity index is 1.48. The fourth-order valence-corrected chi connectivity index (χ4v) is 3.29. The van der Waals surface area contributed by atoms with E-state index in [1.54, 1.807) is 0 Å². The zero-order valence-corrected chi connectivity index (χ0v) is 12.8. The number of hydrogen-bond donors (Lipinski definition) is 0. The summed E-state index contributed by atoms with van der Waals surface area (Å²) in [7, 11) is 0. The van der Waals surface area contributed by atoms with Crippen LogP contribution < -0.4 is 4.74 Å². The number of hydrogen-bond acceptors (Lipinski definition) is 3. The van der Waals surface area contributed by atoms with Crippen LogP contribution in [0.4, 0.5) is 0 Å². The Morgan fingerprint density at radius 1 is 1.18 bits per heavy atom. The Bertz CT molecular complexity index is 667. The third-order valence-corrected chi connectivity index (χ3v) is 4.99. The van der Waals surface area contributed by atoms with E-state index in [2.05, 4.69) is 16.9 Å². The molecule has 4 heteroatoms. The van der Waals surface area contributed by atoms with Crippen LogP contribution in [0.1, 0.15) is 44.6 Å². The SMILES string of the molecule is O=C[C@H]1CC[C@H](n2cc3ccc(OCC4CC4)cc3n2)CC1. The maximum absolute atomic E-state index is 10.9. The van der Waals surface area contributed by atoms with E-state index >= 15 is 0 Å². The van der Waals surface area contributed by atoms with Crippen LogP contribution in [0.2, 0.25) is 0 Å². The molecule has 0 aliphatic heterocycles. The lowest BCUT2D eigenvalue weighted by Gasteiger charge is -2.25. The minimum atomic E-state index is 0.253. The van der Waals surface area contributed by atoms with Gasteiger partial charge in [0.25, 0.3) is 0 Å². The van der Waals surface area contributed by atoms with Gasteiger partial charge in [-0.3, -0.25) is 4.68 Å². The summed E-state index contributed by atoms with van der Waals surface area (Å²) in [6, 6.07) is 6.61. The highest BCUT2D eigenvalue weighted by molar-refractivity contribution is 5.79. The first-order chi connectivity index (χ1) is 10.8. The quantitative estimate of drug-likeness (QED) is 0.790. The van der Waals surface area contributed by atoms with Crippen molar-refractivity contribution in [2.24, 2.45) is 11.8 Å². The maximum atomic E-state index is 10.9. The van der Waals surface area contributed by atoms with Crippen molar-refractivity contribution in [3.8, 4) is 5.75 Å². The van der Waals surface area contributed by atoms with Gasteiger partial charge in [-0.2, -0.15) is 5.10 Å². The van der Waals surface area contributed by atoms with E-state index in [0.717, 1.165) is 61.1 Å². The standard InChI is InChI=1S/C18H22N2O2/c21-11-13-3-6-16(7-4-13)20-10-15-5-8-17(9-18(15)19-20)22-12-14-1-2-14/h5,8-11,13-14,16H,1-4,6-7,12H2/t13-,16-. The van der Waals surface area contributed by atoms with E-state index in [1.165, 1.54) is 12.8 Å². The maximum Gasteiger partial charge on any atom is 0.123 e. The van der Waals surface area contributed by atoms with Gasteiger partial charge in [-0.15, -0.1) is 0 Å². The molecule has 0 N–H and O–H groups in total. The fraction of sp³-hybridized carbons (Fsp3) is 0.556. The molecule has 0 radical (unpaired) electrons. The highest BCUT2D eigenvalue weighted by Gasteiger charge is 2.23. The molecule has 1 aromatic heterocycles. The van der Waals surface area contributed by atoms with E-state index in [4.69, 9.17) is 9.84 Å². The fourth-order valence-electron chi connectivity index (χ4n) is 3.29. The van der Waals surface area contributed by atoms with Crippen molar-refractivity contribution in [2.45, 2.75) is 44.6 Å². The second kappa shape index (κ2) is 5.75. The molecule has 0 saturated heterocycles. The highest BCUT2D eigenvalue weighted by atomic mass is 16.5. The summed E-state index contributed by atoms with van der Waals surface area (Å²) < 4.78 is 7.93. The number of aromatic nitrogens is 2. The Morgan fingerprint density at radius 2 is 2.00 bits per heavy atom. The van der Waals surface area contributed by atoms with Gasteiger partial charge >= 0.3 is 0 Å². The summed E-state index contributed by atoms with van der Waals surface area (Å²) in [6.45, 7) is 0.835. The average molecular weight is 298 g/mol. The molecule has 2 aromatic rings. The molecule has 2 aliphatic carbocycles. The van der Waals surface area contributed by atoms with Crippen LogP contribution in [-0.2, 0) is 4.79 Å². The lowest BCUT2D eigenvalue weighted by Crippen LogP contribution is -2.19. The molecule has 116 valence electrons. The van der Waals surface area contributed by atoms with E-state index in [-0.39, 0.29) is 5.92 Å². The number of benzene rings is 1. The molecule has 2 aliphatic rings. The van der Waals surface area contributed by atoms with Gasteiger partial charge in [0, 0.05) is 23.6 Å². The van der Waals surface area contributed by atoms with Gasteiger partial charge < -0.3 is 9.53 Å². The Kier molecular flexibility index (Phi) is 3.60. The molecular weight excluding hydrogens is 276 g/mol. The minimum Gasteiger partial charge on any atom is -0.493 e. The third-order valence-electron chi connectivity index (χ3n) is 4.99. The molecule has 4 nitrogen and oxygen atoms in total. The normalized spacial score (nSPS) is 25.3. The van der Waals surface area contributed by atoms with Crippen molar-refractivity contribution in [1.82, 2.24) is 9.78 Å². The van der Waals surface area contributed by atoms with E-state index in [1.807, 2.05) is 12.1 Å². The Labute approximate surface area is 130 Å². The van der Waals surface area contributed by atoms with Gasteiger partial charge in [0.15, 0.2) is 0 Å². The Hall–Kier alpha value is -1.84. The van der Waals surface area contributed by atoms with Gasteiger partial charge in [0.2, 0.25) is 0 Å². The molecule has 1 heterocycles. The first-order valence-corrected chi connectivity index (χ1v) is 8.39. The topological polar surface area (TPSA) is 44.1 Å². The number of carbonyl (C=O) groups excluding carboxylic acids is 1. The molecule has 0 unspecified atom stereocenters. The van der Waals surface area contributed by atoms with E-state index < -0.39 is 0 Å². The smallest absolute Gasteiger partial charge is 0.123 e. The molecular formula is C18H22N2O2.